The Morgan fingerprint density at radius 1 is 1.19 bits per heavy atom. The van der Waals surface area contributed by atoms with E-state index in [1.807, 2.05) is 37.3 Å². The molecule has 2 aliphatic heterocycles. The fraction of sp³-hybridized carbons (Fsp3) is 0.292. The third-order valence-corrected chi connectivity index (χ3v) is 6.80. The first kappa shape index (κ1) is 22.4. The minimum absolute atomic E-state index is 0.0811. The monoisotopic (exact) mass is 468 g/mol. The molecular weight excluding hydrogens is 444 g/mol. The quantitative estimate of drug-likeness (QED) is 0.466. The summed E-state index contributed by atoms with van der Waals surface area (Å²) in [6.07, 6.45) is 3.70. The Morgan fingerprint density at radius 3 is 2.75 bits per heavy atom. The van der Waals surface area contributed by atoms with Crippen LogP contribution in [-0.4, -0.2) is 47.8 Å². The molecule has 2 aliphatic rings. The number of anilines is 1. The lowest BCUT2D eigenvalue weighted by Crippen LogP contribution is -2.38. The molecule has 0 radical (unpaired) electrons. The Labute approximate surface area is 197 Å². The summed E-state index contributed by atoms with van der Waals surface area (Å²) in [4.78, 5) is 29.0. The maximum absolute atomic E-state index is 12.9. The second-order valence-corrected chi connectivity index (χ2v) is 9.12. The molecule has 4 rings (SSSR count). The summed E-state index contributed by atoms with van der Waals surface area (Å²) in [5.41, 5.74) is 2.94. The zero-order valence-corrected chi connectivity index (χ0v) is 19.6. The first-order valence-corrected chi connectivity index (χ1v) is 11.7. The van der Waals surface area contributed by atoms with Gasteiger partial charge in [-0.05, 0) is 55.2 Å². The normalized spacial score (nSPS) is 17.0. The van der Waals surface area contributed by atoms with Gasteiger partial charge in [0, 0.05) is 19.3 Å². The van der Waals surface area contributed by atoms with E-state index < -0.39 is 0 Å². The fourth-order valence-corrected chi connectivity index (χ4v) is 4.89. The molecule has 2 amide bonds. The number of thioether (sulfide) groups is 1. The molecule has 0 N–H and O–H groups in total. The van der Waals surface area contributed by atoms with Crippen LogP contribution in [0, 0.1) is 0 Å². The number of hydrogen-bond donors (Lipinski definition) is 0. The van der Waals surface area contributed by atoms with Crippen molar-refractivity contribution in [1.29, 1.82) is 0 Å². The highest BCUT2D eigenvalue weighted by molar-refractivity contribution is 8.26. The van der Waals surface area contributed by atoms with Crippen molar-refractivity contribution in [3.8, 4) is 11.5 Å². The van der Waals surface area contributed by atoms with Crippen molar-refractivity contribution in [2.24, 2.45) is 0 Å². The van der Waals surface area contributed by atoms with Gasteiger partial charge in [0.15, 0.2) is 18.1 Å². The topological polar surface area (TPSA) is 59.1 Å². The van der Waals surface area contributed by atoms with Crippen LogP contribution < -0.4 is 14.4 Å². The lowest BCUT2D eigenvalue weighted by molar-refractivity contribution is -0.121. The van der Waals surface area contributed by atoms with Gasteiger partial charge in [-0.1, -0.05) is 48.2 Å². The van der Waals surface area contributed by atoms with E-state index in [4.69, 9.17) is 21.7 Å². The number of ether oxygens (including phenoxy) is 2. The van der Waals surface area contributed by atoms with Crippen LogP contribution in [0.4, 0.5) is 5.69 Å². The average molecular weight is 469 g/mol. The number of carbonyl (C=O) groups excluding carboxylic acids is 2. The van der Waals surface area contributed by atoms with E-state index >= 15 is 0 Å². The van der Waals surface area contributed by atoms with Gasteiger partial charge in [-0.2, -0.15) is 0 Å². The lowest BCUT2D eigenvalue weighted by Gasteiger charge is -2.29. The predicted octanol–water partition coefficient (Wildman–Crippen LogP) is 4.27. The molecule has 0 unspecified atom stereocenters. The molecule has 0 aromatic heterocycles. The summed E-state index contributed by atoms with van der Waals surface area (Å²) in [5.74, 6) is 0.812. The van der Waals surface area contributed by atoms with Gasteiger partial charge in [-0.3, -0.25) is 14.5 Å². The maximum Gasteiger partial charge on any atom is 0.265 e. The number of rotatable bonds is 6. The molecule has 1 fully saturated rings. The van der Waals surface area contributed by atoms with Crippen LogP contribution in [-0.2, 0) is 16.0 Å². The average Bonchev–Trinajstić information content (AvgIpc) is 3.04. The number of aryl methyl sites for hydroxylation is 1. The van der Waals surface area contributed by atoms with E-state index in [0.29, 0.717) is 33.9 Å². The first-order valence-electron chi connectivity index (χ1n) is 10.5. The number of amides is 2. The number of para-hydroxylation sites is 1. The highest BCUT2D eigenvalue weighted by atomic mass is 32.2. The molecule has 1 saturated heterocycles. The summed E-state index contributed by atoms with van der Waals surface area (Å²) in [5, 5.41) is 0. The molecule has 0 spiro atoms. The van der Waals surface area contributed by atoms with E-state index in [0.717, 1.165) is 24.1 Å². The van der Waals surface area contributed by atoms with Gasteiger partial charge < -0.3 is 14.4 Å². The van der Waals surface area contributed by atoms with Crippen molar-refractivity contribution in [2.75, 3.05) is 31.7 Å². The number of carbonyl (C=O) groups is 2. The van der Waals surface area contributed by atoms with Crippen LogP contribution in [0.2, 0.25) is 0 Å². The van der Waals surface area contributed by atoms with Crippen molar-refractivity contribution < 1.29 is 19.1 Å². The summed E-state index contributed by atoms with van der Waals surface area (Å²) in [6, 6.07) is 13.4. The van der Waals surface area contributed by atoms with Crippen LogP contribution in [0.15, 0.2) is 47.4 Å². The van der Waals surface area contributed by atoms with Crippen molar-refractivity contribution in [3.05, 3.63) is 58.5 Å². The SMILES string of the molecule is CCOc1cc(/C=C2/SC(=S)N(C)C2=O)ccc1OCC(=O)N1CCCc2ccccc21. The molecule has 0 atom stereocenters. The molecule has 2 heterocycles. The highest BCUT2D eigenvalue weighted by Crippen LogP contribution is 2.34. The highest BCUT2D eigenvalue weighted by Gasteiger charge is 2.28. The van der Waals surface area contributed by atoms with Crippen LogP contribution in [0.25, 0.3) is 6.08 Å². The number of likely N-dealkylation sites (N-methyl/N-ethyl adjacent to an activating group) is 1. The second kappa shape index (κ2) is 9.75. The van der Waals surface area contributed by atoms with Gasteiger partial charge in [0.2, 0.25) is 0 Å². The molecule has 32 heavy (non-hydrogen) atoms. The van der Waals surface area contributed by atoms with Crippen LogP contribution in [0.1, 0.15) is 24.5 Å². The third kappa shape index (κ3) is 4.66. The zero-order valence-electron chi connectivity index (χ0n) is 18.0. The van der Waals surface area contributed by atoms with Gasteiger partial charge in [0.1, 0.15) is 4.32 Å². The number of benzene rings is 2. The smallest absolute Gasteiger partial charge is 0.265 e. The molecule has 8 heteroatoms. The maximum atomic E-state index is 12.9. The number of hydrogen-bond acceptors (Lipinski definition) is 6. The Balaban J connectivity index is 1.49. The predicted molar refractivity (Wildman–Crippen MR) is 131 cm³/mol. The van der Waals surface area contributed by atoms with Crippen LogP contribution in [0.3, 0.4) is 0 Å². The van der Waals surface area contributed by atoms with E-state index in [1.54, 1.807) is 24.1 Å². The molecule has 2 aromatic rings. The molecule has 0 aliphatic carbocycles. The van der Waals surface area contributed by atoms with Gasteiger partial charge >= 0.3 is 0 Å². The fourth-order valence-electron chi connectivity index (χ4n) is 3.71. The van der Waals surface area contributed by atoms with E-state index in [2.05, 4.69) is 6.07 Å². The lowest BCUT2D eigenvalue weighted by atomic mass is 10.0. The summed E-state index contributed by atoms with van der Waals surface area (Å²) >= 11 is 6.46. The largest absolute Gasteiger partial charge is 0.490 e. The Bertz CT molecular complexity index is 1100. The molecule has 0 saturated carbocycles. The number of nitrogens with zero attached hydrogens (tertiary/aromatic N) is 2. The third-order valence-electron chi connectivity index (χ3n) is 5.31. The van der Waals surface area contributed by atoms with Gasteiger partial charge in [0.05, 0.1) is 11.5 Å². The first-order chi connectivity index (χ1) is 15.5. The van der Waals surface area contributed by atoms with Crippen molar-refractivity contribution in [3.63, 3.8) is 0 Å². The van der Waals surface area contributed by atoms with Crippen LogP contribution in [0.5, 0.6) is 11.5 Å². The van der Waals surface area contributed by atoms with Gasteiger partial charge in [-0.25, -0.2) is 0 Å². The Kier molecular flexibility index (Phi) is 6.81. The van der Waals surface area contributed by atoms with E-state index in [1.165, 1.54) is 22.2 Å². The summed E-state index contributed by atoms with van der Waals surface area (Å²) in [7, 11) is 1.67. The number of thiocarbonyl (C=S) groups is 1. The number of fused-ring (bicyclic) bond motifs is 1. The second-order valence-electron chi connectivity index (χ2n) is 7.45. The summed E-state index contributed by atoms with van der Waals surface area (Å²) in [6.45, 7) is 2.94. The minimum atomic E-state index is -0.120. The van der Waals surface area contributed by atoms with E-state index in [-0.39, 0.29) is 18.4 Å². The van der Waals surface area contributed by atoms with Crippen molar-refractivity contribution >= 4 is 51.9 Å². The summed E-state index contributed by atoms with van der Waals surface area (Å²) < 4.78 is 12.1. The molecular formula is C24H24N2O4S2. The van der Waals surface area contributed by atoms with Crippen molar-refractivity contribution in [1.82, 2.24) is 4.90 Å². The molecule has 6 nitrogen and oxygen atoms in total. The van der Waals surface area contributed by atoms with Gasteiger partial charge in [0.25, 0.3) is 11.8 Å². The standard InChI is InChI=1S/C24H24N2O4S2/c1-3-29-20-13-16(14-21-23(28)25(2)24(31)32-21)10-11-19(20)30-15-22(27)26-12-6-8-17-7-4-5-9-18(17)26/h4-5,7,9-11,13-14H,3,6,8,12,15H2,1-2H3/b21-14+. The molecule has 2 aromatic carbocycles. The zero-order chi connectivity index (χ0) is 22.7. The molecule has 0 bridgehead atoms. The Morgan fingerprint density at radius 2 is 2.00 bits per heavy atom. The Hall–Kier alpha value is -2.84. The minimum Gasteiger partial charge on any atom is -0.490 e. The van der Waals surface area contributed by atoms with Crippen molar-refractivity contribution in [2.45, 2.75) is 19.8 Å². The van der Waals surface area contributed by atoms with Gasteiger partial charge in [-0.15, -0.1) is 0 Å². The molecule has 166 valence electrons. The van der Waals surface area contributed by atoms with E-state index in [9.17, 15) is 9.59 Å². The van der Waals surface area contributed by atoms with Crippen LogP contribution >= 0.6 is 24.0 Å².